The van der Waals surface area contributed by atoms with Crippen LogP contribution in [0.1, 0.15) is 12.0 Å². The summed E-state index contributed by atoms with van der Waals surface area (Å²) in [6.45, 7) is 4.37. The highest BCUT2D eigenvalue weighted by Gasteiger charge is 2.34. The van der Waals surface area contributed by atoms with Gasteiger partial charge in [0.2, 0.25) is 5.91 Å². The molecule has 0 unspecified atom stereocenters. The zero-order valence-corrected chi connectivity index (χ0v) is 11.3. The van der Waals surface area contributed by atoms with E-state index in [4.69, 9.17) is 5.73 Å². The Hall–Kier alpha value is -2.18. The Balaban J connectivity index is 2.11. The molecule has 0 radical (unpaired) electrons. The number of para-hydroxylation sites is 1. The lowest BCUT2D eigenvalue weighted by Crippen LogP contribution is -2.30. The van der Waals surface area contributed by atoms with Crippen LogP contribution in [0.15, 0.2) is 30.9 Å². The Morgan fingerprint density at radius 2 is 2.19 bits per heavy atom. The van der Waals surface area contributed by atoms with Crippen molar-refractivity contribution in [3.05, 3.63) is 36.4 Å². The molecule has 1 atom stereocenters. The average Bonchev–Trinajstić information content (AvgIpc) is 2.87. The van der Waals surface area contributed by atoms with E-state index in [1.54, 1.807) is 4.90 Å². The summed E-state index contributed by atoms with van der Waals surface area (Å²) in [6, 6.07) is 3.63. The zero-order valence-electron chi connectivity index (χ0n) is 11.3. The minimum atomic E-state index is -4.48. The predicted molar refractivity (Wildman–Crippen MR) is 74.7 cm³/mol. The minimum Gasteiger partial charge on any atom is -0.397 e. The number of carbonyl (C=O) groups excluding carboxylic acids is 1. The molecule has 1 aromatic rings. The number of carbonyl (C=O) groups is 1. The van der Waals surface area contributed by atoms with Crippen molar-refractivity contribution in [3.8, 4) is 0 Å². The molecule has 0 aliphatic carbocycles. The number of benzene rings is 1. The van der Waals surface area contributed by atoms with Crippen LogP contribution < -0.4 is 11.1 Å². The summed E-state index contributed by atoms with van der Waals surface area (Å²) in [5, 5.41) is 2.98. The first kappa shape index (κ1) is 15.2. The Kier molecular flexibility index (Phi) is 4.11. The monoisotopic (exact) mass is 299 g/mol. The second-order valence-corrected chi connectivity index (χ2v) is 4.88. The van der Waals surface area contributed by atoms with Crippen molar-refractivity contribution in [1.29, 1.82) is 0 Å². The molecule has 114 valence electrons. The van der Waals surface area contributed by atoms with Gasteiger partial charge in [-0.15, -0.1) is 0 Å². The lowest BCUT2D eigenvalue weighted by molar-refractivity contribution is -0.136. The Labute approximate surface area is 120 Å². The smallest absolute Gasteiger partial charge is 0.397 e. The average molecular weight is 299 g/mol. The van der Waals surface area contributed by atoms with Crippen molar-refractivity contribution in [2.75, 3.05) is 24.1 Å². The Bertz CT molecular complexity index is 557. The van der Waals surface area contributed by atoms with Crippen LogP contribution >= 0.6 is 0 Å². The molecule has 0 aromatic heterocycles. The van der Waals surface area contributed by atoms with Gasteiger partial charge in [0.25, 0.3) is 0 Å². The number of rotatable bonds is 3. The molecule has 0 bridgehead atoms. The number of nitrogens with one attached hydrogen (secondary N) is 1. The summed E-state index contributed by atoms with van der Waals surface area (Å²) in [5.74, 6) is -0.184. The lowest BCUT2D eigenvalue weighted by Gasteiger charge is -2.19. The van der Waals surface area contributed by atoms with Crippen LogP contribution in [0.5, 0.6) is 0 Å². The summed E-state index contributed by atoms with van der Waals surface area (Å²) >= 11 is 0. The highest BCUT2D eigenvalue weighted by atomic mass is 19.4. The molecule has 1 saturated heterocycles. The van der Waals surface area contributed by atoms with Crippen molar-refractivity contribution < 1.29 is 18.0 Å². The molecule has 1 aliphatic heterocycles. The summed E-state index contributed by atoms with van der Waals surface area (Å²) in [4.78, 5) is 13.1. The van der Waals surface area contributed by atoms with Crippen molar-refractivity contribution in [3.63, 3.8) is 0 Å². The maximum atomic E-state index is 12.8. The molecule has 2 rings (SSSR count). The van der Waals surface area contributed by atoms with E-state index in [2.05, 4.69) is 11.9 Å². The van der Waals surface area contributed by atoms with E-state index in [1.165, 1.54) is 18.2 Å². The van der Waals surface area contributed by atoms with E-state index in [-0.39, 0.29) is 23.3 Å². The number of hydrogen-bond acceptors (Lipinski definition) is 3. The third-order valence-electron chi connectivity index (χ3n) is 3.45. The second-order valence-electron chi connectivity index (χ2n) is 4.88. The SMILES string of the molecule is C=CC(=O)N1CC[C@H](Nc2cccc(C(F)(F)F)c2N)C1. The topological polar surface area (TPSA) is 58.4 Å². The number of likely N-dealkylation sites (tertiary alicyclic amines) is 1. The number of nitrogens with two attached hydrogens (primary N) is 1. The molecule has 1 heterocycles. The van der Waals surface area contributed by atoms with Gasteiger partial charge in [-0.3, -0.25) is 4.79 Å². The lowest BCUT2D eigenvalue weighted by atomic mass is 10.1. The first-order valence-electron chi connectivity index (χ1n) is 6.46. The fourth-order valence-corrected chi connectivity index (χ4v) is 2.37. The molecule has 1 fully saturated rings. The Morgan fingerprint density at radius 3 is 2.81 bits per heavy atom. The minimum absolute atomic E-state index is 0.125. The van der Waals surface area contributed by atoms with Crippen molar-refractivity contribution >= 4 is 17.3 Å². The van der Waals surface area contributed by atoms with Crippen LogP contribution in [0.3, 0.4) is 0 Å². The summed E-state index contributed by atoms with van der Waals surface area (Å²) in [7, 11) is 0. The molecule has 1 amide bonds. The number of nitrogens with zero attached hydrogens (tertiary/aromatic N) is 1. The standard InChI is InChI=1S/C14H16F3N3O/c1-2-12(21)20-7-6-9(8-20)19-11-5-3-4-10(13(11)18)14(15,16)17/h2-5,9,19H,1,6-8,18H2/t9-/m0/s1. The van der Waals surface area contributed by atoms with E-state index < -0.39 is 11.7 Å². The van der Waals surface area contributed by atoms with Gasteiger partial charge >= 0.3 is 6.18 Å². The fourth-order valence-electron chi connectivity index (χ4n) is 2.37. The largest absolute Gasteiger partial charge is 0.418 e. The van der Waals surface area contributed by atoms with Gasteiger partial charge in [0.1, 0.15) is 0 Å². The van der Waals surface area contributed by atoms with E-state index in [0.29, 0.717) is 19.5 Å². The zero-order chi connectivity index (χ0) is 15.6. The number of halogens is 3. The maximum absolute atomic E-state index is 12.8. The summed E-state index contributed by atoms with van der Waals surface area (Å²) in [6.07, 6.45) is -2.61. The third-order valence-corrected chi connectivity index (χ3v) is 3.45. The molecule has 7 heteroatoms. The molecule has 0 spiro atoms. The van der Waals surface area contributed by atoms with Crippen molar-refractivity contribution in [2.24, 2.45) is 0 Å². The second kappa shape index (κ2) is 5.67. The van der Waals surface area contributed by atoms with Crippen LogP contribution in [-0.4, -0.2) is 29.9 Å². The molecule has 21 heavy (non-hydrogen) atoms. The van der Waals surface area contributed by atoms with Gasteiger partial charge in [0, 0.05) is 19.1 Å². The van der Waals surface area contributed by atoms with Crippen molar-refractivity contribution in [2.45, 2.75) is 18.6 Å². The molecule has 0 saturated carbocycles. The summed E-state index contributed by atoms with van der Waals surface area (Å²) in [5.41, 5.74) is 4.65. The van der Waals surface area contributed by atoms with Crippen LogP contribution in [-0.2, 0) is 11.0 Å². The van der Waals surface area contributed by atoms with Crippen LogP contribution in [0.2, 0.25) is 0 Å². The predicted octanol–water partition coefficient (Wildman–Crippen LogP) is 2.49. The third kappa shape index (κ3) is 3.29. The van der Waals surface area contributed by atoms with E-state index >= 15 is 0 Å². The number of amides is 1. The Morgan fingerprint density at radius 1 is 1.48 bits per heavy atom. The van der Waals surface area contributed by atoms with Crippen LogP contribution in [0.25, 0.3) is 0 Å². The van der Waals surface area contributed by atoms with Gasteiger partial charge in [-0.05, 0) is 24.6 Å². The summed E-state index contributed by atoms with van der Waals surface area (Å²) < 4.78 is 38.4. The number of alkyl halides is 3. The van der Waals surface area contributed by atoms with Gasteiger partial charge in [-0.2, -0.15) is 13.2 Å². The molecular weight excluding hydrogens is 283 g/mol. The molecule has 3 N–H and O–H groups in total. The fraction of sp³-hybridized carbons (Fsp3) is 0.357. The van der Waals surface area contributed by atoms with Gasteiger partial charge in [0.15, 0.2) is 0 Å². The van der Waals surface area contributed by atoms with Gasteiger partial charge < -0.3 is 16.0 Å². The molecule has 1 aliphatic rings. The molecular formula is C14H16F3N3O. The number of nitrogen functional groups attached to an aromatic ring is 1. The van der Waals surface area contributed by atoms with Crippen LogP contribution in [0.4, 0.5) is 24.5 Å². The quantitative estimate of drug-likeness (QED) is 0.666. The normalized spacial score (nSPS) is 18.6. The first-order valence-corrected chi connectivity index (χ1v) is 6.46. The van der Waals surface area contributed by atoms with Crippen molar-refractivity contribution in [1.82, 2.24) is 4.90 Å². The highest BCUT2D eigenvalue weighted by molar-refractivity contribution is 5.87. The highest BCUT2D eigenvalue weighted by Crippen LogP contribution is 2.37. The van der Waals surface area contributed by atoms with Gasteiger partial charge in [-0.25, -0.2) is 0 Å². The van der Waals surface area contributed by atoms with E-state index in [9.17, 15) is 18.0 Å². The van der Waals surface area contributed by atoms with Crippen LogP contribution in [0, 0.1) is 0 Å². The van der Waals surface area contributed by atoms with Gasteiger partial charge in [-0.1, -0.05) is 12.6 Å². The van der Waals surface area contributed by atoms with Gasteiger partial charge in [0.05, 0.1) is 16.9 Å². The number of hydrogen-bond donors (Lipinski definition) is 2. The van der Waals surface area contributed by atoms with E-state index in [1.807, 2.05) is 0 Å². The molecule has 1 aromatic carbocycles. The molecule has 4 nitrogen and oxygen atoms in total. The maximum Gasteiger partial charge on any atom is 0.418 e. The number of anilines is 2. The van der Waals surface area contributed by atoms with E-state index in [0.717, 1.165) is 6.07 Å². The first-order chi connectivity index (χ1) is 9.82.